The van der Waals surface area contributed by atoms with Gasteiger partial charge in [0.1, 0.15) is 6.54 Å². The summed E-state index contributed by atoms with van der Waals surface area (Å²) in [5.41, 5.74) is 0.814. The smallest absolute Gasteiger partial charge is 0.325 e. The first kappa shape index (κ1) is 14.6. The average molecular weight is 261 g/mol. The normalized spacial score (nSPS) is 10.2. The number of amides is 1. The van der Waals surface area contributed by atoms with Gasteiger partial charge in [-0.1, -0.05) is 36.4 Å². The summed E-state index contributed by atoms with van der Waals surface area (Å²) in [5.74, 6) is -2.12. The number of carbonyl (C=O) groups is 3. The number of ketones is 1. The lowest BCUT2D eigenvalue weighted by Gasteiger charge is -2.02. The Kier molecular flexibility index (Phi) is 6.02. The van der Waals surface area contributed by atoms with Crippen LogP contribution in [0.2, 0.25) is 0 Å². The van der Waals surface area contributed by atoms with Crippen molar-refractivity contribution in [1.82, 2.24) is 5.32 Å². The number of hydrogen-bond acceptors (Lipinski definition) is 4. The lowest BCUT2D eigenvalue weighted by Crippen LogP contribution is -2.34. The van der Waals surface area contributed by atoms with Crippen molar-refractivity contribution in [1.29, 1.82) is 0 Å². The molecule has 1 amide bonds. The molecular formula is C14H15NO4. The third-order valence-electron chi connectivity index (χ3n) is 2.15. The van der Waals surface area contributed by atoms with Gasteiger partial charge in [0.15, 0.2) is 0 Å². The largest absolute Gasteiger partial charge is 0.465 e. The number of carbonyl (C=O) groups excluding carboxylic acids is 3. The van der Waals surface area contributed by atoms with Crippen molar-refractivity contribution in [3.63, 3.8) is 0 Å². The van der Waals surface area contributed by atoms with Crippen LogP contribution < -0.4 is 5.32 Å². The molecule has 0 spiro atoms. The molecule has 19 heavy (non-hydrogen) atoms. The Morgan fingerprint density at radius 1 is 1.21 bits per heavy atom. The summed E-state index contributed by atoms with van der Waals surface area (Å²) < 4.78 is 4.62. The molecule has 0 saturated carbocycles. The average Bonchev–Trinajstić information content (AvgIpc) is 2.43. The first-order valence-corrected chi connectivity index (χ1v) is 5.84. The molecule has 1 N–H and O–H groups in total. The van der Waals surface area contributed by atoms with Crippen LogP contribution in [0.4, 0.5) is 0 Å². The van der Waals surface area contributed by atoms with Gasteiger partial charge >= 0.3 is 5.97 Å². The lowest BCUT2D eigenvalue weighted by atomic mass is 10.2. The van der Waals surface area contributed by atoms with E-state index < -0.39 is 17.7 Å². The summed E-state index contributed by atoms with van der Waals surface area (Å²) in [6.07, 6.45) is 2.70. The second-order valence-corrected chi connectivity index (χ2v) is 3.60. The maximum Gasteiger partial charge on any atom is 0.325 e. The summed E-state index contributed by atoms with van der Waals surface area (Å²) in [4.78, 5) is 33.8. The van der Waals surface area contributed by atoms with E-state index in [1.165, 1.54) is 6.08 Å². The van der Waals surface area contributed by atoms with Crippen molar-refractivity contribution in [2.24, 2.45) is 0 Å². The van der Waals surface area contributed by atoms with Crippen molar-refractivity contribution in [2.45, 2.75) is 6.92 Å². The van der Waals surface area contributed by atoms with Gasteiger partial charge in [-0.05, 0) is 18.6 Å². The minimum atomic E-state index is -0.833. The molecule has 5 heteroatoms. The van der Waals surface area contributed by atoms with Gasteiger partial charge in [0.25, 0.3) is 5.91 Å². The molecule has 0 atom stereocenters. The zero-order valence-corrected chi connectivity index (χ0v) is 10.6. The fourth-order valence-corrected chi connectivity index (χ4v) is 1.26. The number of nitrogens with one attached hydrogen (secondary N) is 1. The summed E-state index contributed by atoms with van der Waals surface area (Å²) in [6.45, 7) is 1.58. The molecule has 1 aromatic rings. The zero-order chi connectivity index (χ0) is 14.1. The minimum absolute atomic E-state index is 0.233. The van der Waals surface area contributed by atoms with Gasteiger partial charge in [-0.25, -0.2) is 0 Å². The molecule has 0 aromatic heterocycles. The van der Waals surface area contributed by atoms with E-state index in [1.807, 2.05) is 18.2 Å². The first-order valence-electron chi connectivity index (χ1n) is 5.84. The number of benzene rings is 1. The predicted octanol–water partition coefficient (Wildman–Crippen LogP) is 0.948. The van der Waals surface area contributed by atoms with Crippen LogP contribution in [0.25, 0.3) is 6.08 Å². The summed E-state index contributed by atoms with van der Waals surface area (Å²) >= 11 is 0. The van der Waals surface area contributed by atoms with Crippen molar-refractivity contribution < 1.29 is 19.1 Å². The lowest BCUT2D eigenvalue weighted by molar-refractivity contribution is -0.144. The molecule has 5 nitrogen and oxygen atoms in total. The highest BCUT2D eigenvalue weighted by atomic mass is 16.5. The predicted molar refractivity (Wildman–Crippen MR) is 70.1 cm³/mol. The Balaban J connectivity index is 2.43. The van der Waals surface area contributed by atoms with E-state index in [0.29, 0.717) is 0 Å². The molecular weight excluding hydrogens is 246 g/mol. The van der Waals surface area contributed by atoms with E-state index >= 15 is 0 Å². The van der Waals surface area contributed by atoms with Gasteiger partial charge in [-0.2, -0.15) is 0 Å². The Hall–Kier alpha value is -2.43. The summed E-state index contributed by atoms with van der Waals surface area (Å²) in [7, 11) is 0. The number of hydrogen-bond donors (Lipinski definition) is 1. The van der Waals surface area contributed by atoms with Crippen molar-refractivity contribution in [3.05, 3.63) is 42.0 Å². The van der Waals surface area contributed by atoms with Gasteiger partial charge in [0.05, 0.1) is 6.61 Å². The second kappa shape index (κ2) is 7.81. The van der Waals surface area contributed by atoms with Crippen LogP contribution >= 0.6 is 0 Å². The molecule has 100 valence electrons. The quantitative estimate of drug-likeness (QED) is 0.470. The van der Waals surface area contributed by atoms with Crippen LogP contribution in [0.3, 0.4) is 0 Å². The number of esters is 1. The SMILES string of the molecule is CCOC(=O)CNC(=O)C(=O)C=Cc1ccccc1. The number of rotatable bonds is 6. The van der Waals surface area contributed by atoms with Gasteiger partial charge in [-0.15, -0.1) is 0 Å². The van der Waals surface area contributed by atoms with E-state index in [0.717, 1.165) is 11.6 Å². The molecule has 0 radical (unpaired) electrons. The monoisotopic (exact) mass is 261 g/mol. The molecule has 0 aliphatic rings. The van der Waals surface area contributed by atoms with Crippen LogP contribution in [-0.2, 0) is 19.1 Å². The highest BCUT2D eigenvalue weighted by molar-refractivity contribution is 6.41. The van der Waals surface area contributed by atoms with Crippen molar-refractivity contribution in [2.75, 3.05) is 13.2 Å². The van der Waals surface area contributed by atoms with E-state index in [9.17, 15) is 14.4 Å². The summed E-state index contributed by atoms with van der Waals surface area (Å²) in [6, 6.07) is 9.11. The molecule has 1 aromatic carbocycles. The van der Waals surface area contributed by atoms with Crippen molar-refractivity contribution >= 4 is 23.7 Å². The third-order valence-corrected chi connectivity index (χ3v) is 2.15. The molecule has 0 bridgehead atoms. The van der Waals surface area contributed by atoms with Gasteiger partial charge in [0, 0.05) is 0 Å². The van der Waals surface area contributed by atoms with E-state index in [2.05, 4.69) is 10.1 Å². The van der Waals surface area contributed by atoms with Crippen molar-refractivity contribution in [3.8, 4) is 0 Å². The van der Waals surface area contributed by atoms with Crippen LogP contribution in [0, 0.1) is 0 Å². The van der Waals surface area contributed by atoms with E-state index in [4.69, 9.17) is 0 Å². The fraction of sp³-hybridized carbons (Fsp3) is 0.214. The van der Waals surface area contributed by atoms with Gasteiger partial charge in [-0.3, -0.25) is 14.4 Å². The highest BCUT2D eigenvalue weighted by Crippen LogP contribution is 2.00. The Labute approximate surface area is 111 Å². The van der Waals surface area contributed by atoms with Gasteiger partial charge < -0.3 is 10.1 Å². The van der Waals surface area contributed by atoms with Crippen LogP contribution in [0.1, 0.15) is 12.5 Å². The highest BCUT2D eigenvalue weighted by Gasteiger charge is 2.11. The topological polar surface area (TPSA) is 72.5 Å². The molecule has 0 unspecified atom stereocenters. The van der Waals surface area contributed by atoms with Crippen LogP contribution in [-0.4, -0.2) is 30.8 Å². The summed E-state index contributed by atoms with van der Waals surface area (Å²) in [5, 5.41) is 2.19. The Bertz CT molecular complexity index is 479. The molecule has 0 fully saturated rings. The minimum Gasteiger partial charge on any atom is -0.465 e. The Morgan fingerprint density at radius 3 is 2.53 bits per heavy atom. The zero-order valence-electron chi connectivity index (χ0n) is 10.6. The fourth-order valence-electron chi connectivity index (χ4n) is 1.26. The van der Waals surface area contributed by atoms with E-state index in [1.54, 1.807) is 19.1 Å². The van der Waals surface area contributed by atoms with E-state index in [-0.39, 0.29) is 13.2 Å². The van der Waals surface area contributed by atoms with Crippen LogP contribution in [0.5, 0.6) is 0 Å². The molecule has 0 heterocycles. The van der Waals surface area contributed by atoms with Crippen LogP contribution in [0.15, 0.2) is 36.4 Å². The molecule has 1 rings (SSSR count). The van der Waals surface area contributed by atoms with Gasteiger partial charge in [0.2, 0.25) is 5.78 Å². The molecule has 0 aliphatic carbocycles. The third kappa shape index (κ3) is 5.63. The molecule has 0 aliphatic heterocycles. The maximum absolute atomic E-state index is 11.4. The number of ether oxygens (including phenoxy) is 1. The maximum atomic E-state index is 11.4. The standard InChI is InChI=1S/C14H15NO4/c1-2-19-13(17)10-15-14(18)12(16)9-8-11-6-4-3-5-7-11/h3-9H,2,10H2,1H3,(H,15,18). The second-order valence-electron chi connectivity index (χ2n) is 3.60. The first-order chi connectivity index (χ1) is 9.13. The Morgan fingerprint density at radius 2 is 1.89 bits per heavy atom. The molecule has 0 saturated heterocycles.